The van der Waals surface area contributed by atoms with E-state index in [-0.39, 0.29) is 0 Å². The van der Waals surface area contributed by atoms with Crippen LogP contribution in [0, 0.1) is 0 Å². The highest BCUT2D eigenvalue weighted by molar-refractivity contribution is 9.10. The predicted octanol–water partition coefficient (Wildman–Crippen LogP) is 5.26. The molecule has 2 rings (SSSR count). The van der Waals surface area contributed by atoms with Crippen LogP contribution < -0.4 is 19.5 Å². The molecule has 0 aliphatic heterocycles. The number of anilines is 1. The maximum absolute atomic E-state index is 5.81. The fourth-order valence-corrected chi connectivity index (χ4v) is 2.85. The second-order valence-corrected chi connectivity index (χ2v) is 6.12. The molecule has 0 radical (unpaired) electrons. The number of halogens is 1. The first-order valence-electron chi connectivity index (χ1n) is 8.13. The summed E-state index contributed by atoms with van der Waals surface area (Å²) in [7, 11) is 1.66. The van der Waals surface area contributed by atoms with Crippen molar-refractivity contribution in [3.63, 3.8) is 0 Å². The fraction of sp³-hybridized carbons (Fsp3) is 0.368. The summed E-state index contributed by atoms with van der Waals surface area (Å²) >= 11 is 3.59. The molecule has 0 fully saturated rings. The average molecular weight is 394 g/mol. The number of hydrogen-bond donors (Lipinski definition) is 1. The van der Waals surface area contributed by atoms with Gasteiger partial charge in [0.15, 0.2) is 11.5 Å². The molecule has 4 nitrogen and oxygen atoms in total. The van der Waals surface area contributed by atoms with Crippen LogP contribution >= 0.6 is 15.9 Å². The van der Waals surface area contributed by atoms with E-state index in [1.165, 1.54) is 0 Å². The molecule has 24 heavy (non-hydrogen) atoms. The van der Waals surface area contributed by atoms with Crippen LogP contribution in [0.4, 0.5) is 5.69 Å². The average Bonchev–Trinajstić information content (AvgIpc) is 2.60. The molecule has 0 heterocycles. The molecule has 2 aromatic carbocycles. The Hall–Kier alpha value is -1.88. The first-order chi connectivity index (χ1) is 11.7. The molecule has 1 N–H and O–H groups in total. The highest BCUT2D eigenvalue weighted by Crippen LogP contribution is 2.37. The van der Waals surface area contributed by atoms with Crippen molar-refractivity contribution in [1.29, 1.82) is 0 Å². The van der Waals surface area contributed by atoms with Gasteiger partial charge >= 0.3 is 0 Å². The van der Waals surface area contributed by atoms with Gasteiger partial charge in [-0.15, -0.1) is 0 Å². The number of hydrogen-bond acceptors (Lipinski definition) is 4. The van der Waals surface area contributed by atoms with Gasteiger partial charge in [-0.3, -0.25) is 0 Å². The Balaban J connectivity index is 2.11. The van der Waals surface area contributed by atoms with Crippen molar-refractivity contribution in [2.45, 2.75) is 26.8 Å². The van der Waals surface area contributed by atoms with Gasteiger partial charge in [0.25, 0.3) is 0 Å². The van der Waals surface area contributed by atoms with E-state index in [0.717, 1.165) is 39.4 Å². The summed E-state index contributed by atoms with van der Waals surface area (Å²) in [5.74, 6) is 2.39. The van der Waals surface area contributed by atoms with E-state index in [4.69, 9.17) is 14.2 Å². The van der Waals surface area contributed by atoms with E-state index in [9.17, 15) is 0 Å². The largest absolute Gasteiger partial charge is 0.497 e. The zero-order valence-electron chi connectivity index (χ0n) is 14.4. The molecular weight excluding hydrogens is 370 g/mol. The summed E-state index contributed by atoms with van der Waals surface area (Å²) < 4.78 is 17.6. The lowest BCUT2D eigenvalue weighted by molar-refractivity contribution is 0.275. The summed E-state index contributed by atoms with van der Waals surface area (Å²) in [6, 6.07) is 11.9. The van der Waals surface area contributed by atoms with E-state index in [1.54, 1.807) is 7.11 Å². The SMILES string of the molecule is CCCOc1c(Br)cc(CNc2ccc(OC)cc2)cc1OCC. The number of nitrogens with one attached hydrogen (secondary N) is 1. The van der Waals surface area contributed by atoms with Crippen LogP contribution in [0.15, 0.2) is 40.9 Å². The molecule has 5 heteroatoms. The standard InChI is InChI=1S/C19H24BrNO3/c1-4-10-24-19-17(20)11-14(12-18(19)23-5-2)13-21-15-6-8-16(22-3)9-7-15/h6-9,11-12,21H,4-5,10,13H2,1-3H3. The summed E-state index contributed by atoms with van der Waals surface area (Å²) in [5, 5.41) is 3.40. The smallest absolute Gasteiger partial charge is 0.175 e. The van der Waals surface area contributed by atoms with Crippen molar-refractivity contribution >= 4 is 21.6 Å². The summed E-state index contributed by atoms with van der Waals surface area (Å²) in [6.45, 7) is 6.02. The van der Waals surface area contributed by atoms with Crippen molar-refractivity contribution in [1.82, 2.24) is 0 Å². The van der Waals surface area contributed by atoms with Crippen molar-refractivity contribution in [2.24, 2.45) is 0 Å². The van der Waals surface area contributed by atoms with Crippen LogP contribution in [0.3, 0.4) is 0 Å². The lowest BCUT2D eigenvalue weighted by atomic mass is 10.2. The molecule has 130 valence electrons. The highest BCUT2D eigenvalue weighted by Gasteiger charge is 2.12. The molecule has 0 aliphatic carbocycles. The maximum Gasteiger partial charge on any atom is 0.175 e. The minimum absolute atomic E-state index is 0.601. The normalized spacial score (nSPS) is 10.3. The molecule has 0 aliphatic rings. The van der Waals surface area contributed by atoms with Crippen molar-refractivity contribution in [2.75, 3.05) is 25.6 Å². The lowest BCUT2D eigenvalue weighted by Crippen LogP contribution is -2.04. The Morgan fingerprint density at radius 2 is 1.79 bits per heavy atom. The number of ether oxygens (including phenoxy) is 3. The Kier molecular flexibility index (Phi) is 7.25. The molecule has 0 atom stereocenters. The molecule has 0 aromatic heterocycles. The Bertz CT molecular complexity index is 644. The quantitative estimate of drug-likeness (QED) is 0.630. The Morgan fingerprint density at radius 1 is 1.04 bits per heavy atom. The summed E-state index contributed by atoms with van der Waals surface area (Å²) in [5.41, 5.74) is 2.15. The molecular formula is C19H24BrNO3. The molecule has 0 spiro atoms. The Labute approximate surface area is 152 Å². The maximum atomic E-state index is 5.81. The highest BCUT2D eigenvalue weighted by atomic mass is 79.9. The van der Waals surface area contributed by atoms with E-state index in [0.29, 0.717) is 19.8 Å². The minimum atomic E-state index is 0.601. The summed E-state index contributed by atoms with van der Waals surface area (Å²) in [6.07, 6.45) is 0.957. The van der Waals surface area contributed by atoms with Gasteiger partial charge in [0.2, 0.25) is 0 Å². The van der Waals surface area contributed by atoms with Crippen LogP contribution in [0.2, 0.25) is 0 Å². The van der Waals surface area contributed by atoms with E-state index < -0.39 is 0 Å². The predicted molar refractivity (Wildman–Crippen MR) is 101 cm³/mol. The van der Waals surface area contributed by atoms with Crippen molar-refractivity contribution < 1.29 is 14.2 Å². The van der Waals surface area contributed by atoms with Gasteiger partial charge in [0, 0.05) is 12.2 Å². The van der Waals surface area contributed by atoms with Crippen molar-refractivity contribution in [3.8, 4) is 17.2 Å². The second-order valence-electron chi connectivity index (χ2n) is 5.27. The first-order valence-corrected chi connectivity index (χ1v) is 8.93. The van der Waals surface area contributed by atoms with Gasteiger partial charge in [-0.05, 0) is 71.2 Å². The van der Waals surface area contributed by atoms with Gasteiger partial charge in [-0.25, -0.2) is 0 Å². The zero-order valence-corrected chi connectivity index (χ0v) is 16.0. The van der Waals surface area contributed by atoms with E-state index in [1.807, 2.05) is 37.3 Å². The first kappa shape index (κ1) is 18.5. The molecule has 0 bridgehead atoms. The van der Waals surface area contributed by atoms with Crippen molar-refractivity contribution in [3.05, 3.63) is 46.4 Å². The van der Waals surface area contributed by atoms with Gasteiger partial charge in [-0.1, -0.05) is 6.92 Å². The van der Waals surface area contributed by atoms with Crippen LogP contribution in [-0.4, -0.2) is 20.3 Å². The molecule has 0 saturated carbocycles. The number of benzene rings is 2. The van der Waals surface area contributed by atoms with E-state index >= 15 is 0 Å². The molecule has 0 unspecified atom stereocenters. The van der Waals surface area contributed by atoms with Gasteiger partial charge < -0.3 is 19.5 Å². The van der Waals surface area contributed by atoms with Crippen LogP contribution in [0.1, 0.15) is 25.8 Å². The third kappa shape index (κ3) is 5.06. The fourth-order valence-electron chi connectivity index (χ4n) is 2.24. The third-order valence-corrected chi connectivity index (χ3v) is 4.00. The third-order valence-electron chi connectivity index (χ3n) is 3.41. The number of rotatable bonds is 9. The van der Waals surface area contributed by atoms with Gasteiger partial charge in [0.1, 0.15) is 5.75 Å². The minimum Gasteiger partial charge on any atom is -0.497 e. The topological polar surface area (TPSA) is 39.7 Å². The van der Waals surface area contributed by atoms with Crippen LogP contribution in [0.25, 0.3) is 0 Å². The molecule has 2 aromatic rings. The Morgan fingerprint density at radius 3 is 2.42 bits per heavy atom. The van der Waals surface area contributed by atoms with Gasteiger partial charge in [-0.2, -0.15) is 0 Å². The lowest BCUT2D eigenvalue weighted by Gasteiger charge is -2.16. The zero-order chi connectivity index (χ0) is 17.4. The molecule has 0 amide bonds. The van der Waals surface area contributed by atoms with E-state index in [2.05, 4.69) is 34.2 Å². The van der Waals surface area contributed by atoms with Gasteiger partial charge in [0.05, 0.1) is 24.8 Å². The molecule has 0 saturated heterocycles. The second kappa shape index (κ2) is 9.42. The monoisotopic (exact) mass is 393 g/mol. The summed E-state index contributed by atoms with van der Waals surface area (Å²) in [4.78, 5) is 0. The van der Waals surface area contributed by atoms with Crippen LogP contribution in [0.5, 0.6) is 17.2 Å². The van der Waals surface area contributed by atoms with Crippen LogP contribution in [-0.2, 0) is 6.54 Å². The number of methoxy groups -OCH3 is 1.